The number of halogens is 1. The summed E-state index contributed by atoms with van der Waals surface area (Å²) in [7, 11) is 2.10. The Balaban J connectivity index is 1.01. The van der Waals surface area contributed by atoms with Gasteiger partial charge in [-0.05, 0) is 89.7 Å². The first-order valence-electron chi connectivity index (χ1n) is 24.6. The molecule has 9 rings (SSSR count). The van der Waals surface area contributed by atoms with E-state index in [0.717, 1.165) is 42.5 Å². The molecule has 1 saturated heterocycles. The summed E-state index contributed by atoms with van der Waals surface area (Å²) in [5.41, 5.74) is 2.68. The summed E-state index contributed by atoms with van der Waals surface area (Å²) >= 11 is 7.08. The van der Waals surface area contributed by atoms with Crippen molar-refractivity contribution in [3.05, 3.63) is 124 Å². The number of hydrogen-bond acceptors (Lipinski definition) is 10. The van der Waals surface area contributed by atoms with Gasteiger partial charge in [0.1, 0.15) is 36.2 Å². The zero-order valence-electron chi connectivity index (χ0n) is 41.6. The molecule has 0 bridgehead atoms. The van der Waals surface area contributed by atoms with Gasteiger partial charge in [0.25, 0.3) is 8.32 Å². The predicted octanol–water partition coefficient (Wildman–Crippen LogP) is 8.52. The second-order valence-electron chi connectivity index (χ2n) is 21.0. The first-order chi connectivity index (χ1) is 33.6. The number of aryl methyl sites for hydroxylation is 1. The summed E-state index contributed by atoms with van der Waals surface area (Å²) in [6.45, 7) is 10.2. The molecule has 4 aliphatic rings. The third-order valence-electron chi connectivity index (χ3n) is 15.7. The summed E-state index contributed by atoms with van der Waals surface area (Å²) in [5.74, 6) is 0.609. The second-order valence-corrected chi connectivity index (χ2v) is 25.7. The van der Waals surface area contributed by atoms with Gasteiger partial charge in [-0.2, -0.15) is 0 Å². The smallest absolute Gasteiger partial charge is 0.312 e. The number of benzene rings is 4. The number of fused-ring (bicyclic) bond motifs is 1. The number of carbonyl (C=O) groups is 3. The van der Waals surface area contributed by atoms with Crippen LogP contribution in [0.5, 0.6) is 17.2 Å². The molecular formula is C55H66ClN5O8Si. The number of nitrogens with zero attached hydrogens (tertiary/aromatic N) is 5. The molecule has 2 amide bonds. The highest BCUT2D eigenvalue weighted by Crippen LogP contribution is 2.54. The SMILES string of the molecule is COc1ccc(COC(=O)[C@@]2(C)CCCC[C@H]2C(=O)N2CCc3c(Cl)ccc(OCc4nnn(C)c4CO[Si](c4ccccc4)(c4ccccc4)C(C)(C)C)c3[C@H]2CN2CC3(CC3)CC2=O)c(OC)c1. The van der Waals surface area contributed by atoms with Gasteiger partial charge in [0.15, 0.2) is 0 Å². The Morgan fingerprint density at radius 1 is 0.871 bits per heavy atom. The summed E-state index contributed by atoms with van der Waals surface area (Å²) in [4.78, 5) is 47.5. The maximum absolute atomic E-state index is 15.5. The van der Waals surface area contributed by atoms with E-state index < -0.39 is 31.7 Å². The largest absolute Gasteiger partial charge is 0.497 e. The number of aromatic nitrogens is 3. The lowest BCUT2D eigenvalue weighted by molar-refractivity contribution is -0.169. The molecule has 3 fully saturated rings. The van der Waals surface area contributed by atoms with Crippen molar-refractivity contribution in [1.29, 1.82) is 0 Å². The molecule has 13 nitrogen and oxygen atoms in total. The lowest BCUT2D eigenvalue weighted by atomic mass is 9.66. The van der Waals surface area contributed by atoms with Gasteiger partial charge in [0.2, 0.25) is 11.8 Å². The normalized spacial score (nSPS) is 20.8. The van der Waals surface area contributed by atoms with E-state index >= 15 is 4.79 Å². The number of esters is 1. The average Bonchev–Trinajstić information content (AvgIpc) is 3.92. The van der Waals surface area contributed by atoms with Crippen LogP contribution in [0.2, 0.25) is 10.1 Å². The second kappa shape index (κ2) is 19.8. The van der Waals surface area contributed by atoms with Crippen molar-refractivity contribution in [2.24, 2.45) is 23.8 Å². The number of methoxy groups -OCH3 is 2. The predicted molar refractivity (Wildman–Crippen MR) is 270 cm³/mol. The Morgan fingerprint density at radius 2 is 1.59 bits per heavy atom. The van der Waals surface area contributed by atoms with Gasteiger partial charge in [-0.1, -0.05) is 111 Å². The van der Waals surface area contributed by atoms with E-state index in [-0.39, 0.29) is 48.6 Å². The molecule has 15 heteroatoms. The van der Waals surface area contributed by atoms with Crippen LogP contribution >= 0.6 is 11.6 Å². The van der Waals surface area contributed by atoms with E-state index in [0.29, 0.717) is 72.3 Å². The standard InChI is InChI=1S/C55H66ClN5O8Si/c1-53(2,3)70(39-16-10-8-11-17-39,40-18-12-9-13-19-40)69-35-46-44(57-58-59(46)5)34-67-47-24-23-43(56)41-25-29-61(45(50(41)47)32-60-36-55(27-28-55)31-49(60)62)51(63)42-20-14-15-26-54(42,4)52(64)68-33-37-21-22-38(65-6)30-48(37)66-7/h8-13,16-19,21-24,30,42,45H,14-15,20,25-29,31-36H2,1-7H3/t42-,45+,54-/m0/s1. The van der Waals surface area contributed by atoms with Crippen LogP contribution in [-0.2, 0) is 56.8 Å². The minimum atomic E-state index is -2.91. The van der Waals surface area contributed by atoms with Crippen LogP contribution in [-0.4, -0.2) is 84.7 Å². The molecule has 3 atom stereocenters. The van der Waals surface area contributed by atoms with E-state index in [2.05, 4.69) is 79.6 Å². The monoisotopic (exact) mass is 987 g/mol. The van der Waals surface area contributed by atoms with Crippen molar-refractivity contribution in [3.63, 3.8) is 0 Å². The van der Waals surface area contributed by atoms with E-state index in [1.807, 2.05) is 54.1 Å². The van der Waals surface area contributed by atoms with Crippen molar-refractivity contribution >= 4 is 48.1 Å². The number of ether oxygens (including phenoxy) is 4. The van der Waals surface area contributed by atoms with E-state index in [9.17, 15) is 9.59 Å². The molecule has 370 valence electrons. The maximum Gasteiger partial charge on any atom is 0.312 e. The lowest BCUT2D eigenvalue weighted by Crippen LogP contribution is -2.66. The summed E-state index contributed by atoms with van der Waals surface area (Å²) in [5, 5.41) is 11.8. The van der Waals surface area contributed by atoms with Gasteiger partial charge in [0, 0.05) is 55.3 Å². The van der Waals surface area contributed by atoms with Gasteiger partial charge in [-0.15, -0.1) is 5.10 Å². The zero-order chi connectivity index (χ0) is 49.4. The molecule has 2 aliphatic heterocycles. The fraction of sp³-hybridized carbons (Fsp3) is 0.473. The van der Waals surface area contributed by atoms with Crippen LogP contribution in [0.1, 0.15) is 107 Å². The molecule has 70 heavy (non-hydrogen) atoms. The van der Waals surface area contributed by atoms with E-state index in [1.165, 1.54) is 10.4 Å². The number of carbonyl (C=O) groups excluding carboxylic acids is 3. The minimum absolute atomic E-state index is 0.00819. The Morgan fingerprint density at radius 3 is 2.23 bits per heavy atom. The quantitative estimate of drug-likeness (QED) is 0.0700. The zero-order valence-corrected chi connectivity index (χ0v) is 43.4. The molecule has 2 aliphatic carbocycles. The van der Waals surface area contributed by atoms with Gasteiger partial charge in [0.05, 0.1) is 43.9 Å². The van der Waals surface area contributed by atoms with Crippen molar-refractivity contribution < 1.29 is 37.8 Å². The summed E-state index contributed by atoms with van der Waals surface area (Å²) in [6.07, 6.45) is 5.64. The molecule has 4 aromatic carbocycles. The van der Waals surface area contributed by atoms with Crippen molar-refractivity contribution in [3.8, 4) is 17.2 Å². The van der Waals surface area contributed by atoms with Crippen molar-refractivity contribution in [2.75, 3.05) is 33.9 Å². The Labute approximate surface area is 417 Å². The number of hydrogen-bond donors (Lipinski definition) is 0. The molecule has 0 radical (unpaired) electrons. The molecule has 1 aromatic heterocycles. The minimum Gasteiger partial charge on any atom is -0.497 e. The molecule has 3 heterocycles. The number of rotatable bonds is 16. The Bertz CT molecular complexity index is 2680. The summed E-state index contributed by atoms with van der Waals surface area (Å²) < 4.78 is 33.0. The van der Waals surface area contributed by atoms with Crippen molar-refractivity contribution in [1.82, 2.24) is 24.8 Å². The number of likely N-dealkylation sites (tertiary alicyclic amines) is 1. The van der Waals surface area contributed by atoms with Crippen LogP contribution in [0.4, 0.5) is 0 Å². The average molecular weight is 989 g/mol. The Hall–Kier alpha value is -5.70. The molecule has 0 unspecified atom stereocenters. The summed E-state index contributed by atoms with van der Waals surface area (Å²) in [6, 6.07) is 29.5. The van der Waals surface area contributed by atoms with Gasteiger partial charge in [-0.3, -0.25) is 14.4 Å². The Kier molecular flexibility index (Phi) is 14.0. The third-order valence-corrected chi connectivity index (χ3v) is 21.0. The van der Waals surface area contributed by atoms with Gasteiger partial charge in [-0.25, -0.2) is 4.68 Å². The van der Waals surface area contributed by atoms with Gasteiger partial charge < -0.3 is 33.2 Å². The fourth-order valence-electron chi connectivity index (χ4n) is 11.5. The molecule has 2 saturated carbocycles. The van der Waals surface area contributed by atoms with Crippen LogP contribution in [0, 0.1) is 16.7 Å². The van der Waals surface area contributed by atoms with Gasteiger partial charge >= 0.3 is 5.97 Å². The third kappa shape index (κ3) is 9.34. The molecule has 0 N–H and O–H groups in total. The maximum atomic E-state index is 15.5. The highest BCUT2D eigenvalue weighted by Gasteiger charge is 2.55. The fourth-order valence-corrected chi connectivity index (χ4v) is 16.2. The molecule has 1 spiro atoms. The van der Waals surface area contributed by atoms with Crippen molar-refractivity contribution in [2.45, 2.75) is 110 Å². The van der Waals surface area contributed by atoms with Crippen LogP contribution < -0.4 is 24.6 Å². The van der Waals surface area contributed by atoms with E-state index in [4.69, 9.17) is 35.0 Å². The lowest BCUT2D eigenvalue weighted by Gasteiger charge is -2.45. The van der Waals surface area contributed by atoms with Crippen LogP contribution in [0.25, 0.3) is 0 Å². The van der Waals surface area contributed by atoms with E-state index in [1.54, 1.807) is 31.0 Å². The number of amides is 2. The van der Waals surface area contributed by atoms with Crippen LogP contribution in [0.3, 0.4) is 0 Å². The highest BCUT2D eigenvalue weighted by molar-refractivity contribution is 6.99. The topological polar surface area (TPSA) is 135 Å². The van der Waals surface area contributed by atoms with Crippen LogP contribution in [0.15, 0.2) is 91.0 Å². The highest BCUT2D eigenvalue weighted by atomic mass is 35.5. The first-order valence-corrected chi connectivity index (χ1v) is 26.9. The molecular weight excluding hydrogens is 922 g/mol. The first kappa shape index (κ1) is 49.3. The molecule has 5 aromatic rings.